The Kier molecular flexibility index (Phi) is 6.59. The minimum Gasteiger partial charge on any atom is -1.00 e. The van der Waals surface area contributed by atoms with E-state index in [9.17, 15) is 4.79 Å². The van der Waals surface area contributed by atoms with Crippen molar-refractivity contribution in [1.29, 1.82) is 0 Å². The van der Waals surface area contributed by atoms with Crippen molar-refractivity contribution >= 4 is 5.91 Å². The molecular weight excluding hydrogens is 278 g/mol. The molecule has 108 valence electrons. The van der Waals surface area contributed by atoms with Crippen LogP contribution in [0, 0.1) is 0 Å². The smallest absolute Gasteiger partial charge is 0.251 e. The second-order valence-corrected chi connectivity index (χ2v) is 4.14. The lowest BCUT2D eigenvalue weighted by Crippen LogP contribution is -3.00. The molecule has 2 rings (SSSR count). The van der Waals surface area contributed by atoms with Crippen LogP contribution in [0.25, 0.3) is 0 Å². The van der Waals surface area contributed by atoms with Crippen LogP contribution in [0.5, 0.6) is 5.75 Å². The molecule has 5 nitrogen and oxygen atoms in total. The number of hydrogen-bond donors (Lipinski definition) is 1. The van der Waals surface area contributed by atoms with Crippen molar-refractivity contribution in [2.24, 2.45) is 0 Å². The summed E-state index contributed by atoms with van der Waals surface area (Å²) in [6, 6.07) is 7.06. The van der Waals surface area contributed by atoms with Crippen molar-refractivity contribution < 1.29 is 21.9 Å². The highest BCUT2D eigenvalue weighted by atomic mass is 35.5. The molecule has 20 heavy (non-hydrogen) atoms. The lowest BCUT2D eigenvalue weighted by atomic mass is 10.2. The Hall–Kier alpha value is -2.01. The van der Waals surface area contributed by atoms with Crippen molar-refractivity contribution in [3.63, 3.8) is 0 Å². The number of amides is 1. The van der Waals surface area contributed by atoms with Gasteiger partial charge in [0.1, 0.15) is 5.75 Å². The van der Waals surface area contributed by atoms with Gasteiger partial charge < -0.3 is 27.0 Å². The SMILES string of the molecule is COc1ccc(C(=O)NCCCn2ccnc2)cc1.[Cl-]. The molecule has 0 radical (unpaired) electrons. The van der Waals surface area contributed by atoms with E-state index in [2.05, 4.69) is 10.3 Å². The third-order valence-corrected chi connectivity index (χ3v) is 2.79. The number of nitrogens with one attached hydrogen (secondary N) is 1. The van der Waals surface area contributed by atoms with E-state index in [1.807, 2.05) is 10.8 Å². The van der Waals surface area contributed by atoms with Crippen molar-refractivity contribution in [2.45, 2.75) is 13.0 Å². The van der Waals surface area contributed by atoms with Gasteiger partial charge in [0.25, 0.3) is 5.91 Å². The number of nitrogens with zero attached hydrogens (tertiary/aromatic N) is 2. The van der Waals surface area contributed by atoms with Gasteiger partial charge in [0.05, 0.1) is 13.4 Å². The lowest BCUT2D eigenvalue weighted by Gasteiger charge is -2.06. The van der Waals surface area contributed by atoms with Crippen LogP contribution in [-0.4, -0.2) is 29.1 Å². The van der Waals surface area contributed by atoms with E-state index < -0.39 is 0 Å². The van der Waals surface area contributed by atoms with Gasteiger partial charge in [-0.3, -0.25) is 4.79 Å². The third kappa shape index (κ3) is 4.59. The summed E-state index contributed by atoms with van der Waals surface area (Å²) in [5.41, 5.74) is 0.642. The van der Waals surface area contributed by atoms with E-state index in [0.717, 1.165) is 18.7 Å². The third-order valence-electron chi connectivity index (χ3n) is 2.79. The van der Waals surface area contributed by atoms with Crippen molar-refractivity contribution in [1.82, 2.24) is 14.9 Å². The van der Waals surface area contributed by atoms with E-state index >= 15 is 0 Å². The minimum atomic E-state index is -0.0618. The molecule has 0 saturated carbocycles. The topological polar surface area (TPSA) is 56.1 Å². The fraction of sp³-hybridized carbons (Fsp3) is 0.286. The molecule has 1 amide bonds. The van der Waals surface area contributed by atoms with Crippen molar-refractivity contribution in [3.05, 3.63) is 48.5 Å². The fourth-order valence-electron chi connectivity index (χ4n) is 1.73. The summed E-state index contributed by atoms with van der Waals surface area (Å²) in [6.45, 7) is 1.49. The van der Waals surface area contributed by atoms with E-state index in [1.54, 1.807) is 43.9 Å². The molecule has 2 aromatic rings. The van der Waals surface area contributed by atoms with Crippen LogP contribution in [0.1, 0.15) is 16.8 Å². The number of rotatable bonds is 6. The summed E-state index contributed by atoms with van der Waals surface area (Å²) in [4.78, 5) is 15.8. The normalized spacial score (nSPS) is 9.65. The van der Waals surface area contributed by atoms with Gasteiger partial charge in [-0.1, -0.05) is 0 Å². The highest BCUT2D eigenvalue weighted by molar-refractivity contribution is 5.94. The number of hydrogen-bond acceptors (Lipinski definition) is 3. The minimum absolute atomic E-state index is 0. The number of imidazole rings is 1. The van der Waals surface area contributed by atoms with Gasteiger partial charge in [-0.05, 0) is 30.7 Å². The predicted molar refractivity (Wildman–Crippen MR) is 72.2 cm³/mol. The average Bonchev–Trinajstić information content (AvgIpc) is 2.96. The zero-order chi connectivity index (χ0) is 13.5. The highest BCUT2D eigenvalue weighted by Crippen LogP contribution is 2.10. The maximum Gasteiger partial charge on any atom is 0.251 e. The van der Waals surface area contributed by atoms with Crippen LogP contribution in [0.4, 0.5) is 0 Å². The summed E-state index contributed by atoms with van der Waals surface area (Å²) in [6.07, 6.45) is 6.30. The Morgan fingerprint density at radius 1 is 1.35 bits per heavy atom. The summed E-state index contributed by atoms with van der Waals surface area (Å²) in [5.74, 6) is 0.685. The second-order valence-electron chi connectivity index (χ2n) is 4.14. The Balaban J connectivity index is 0.00000200. The Bertz CT molecular complexity index is 512. The molecule has 0 aliphatic heterocycles. The molecule has 1 aromatic heterocycles. The Labute approximate surface area is 124 Å². The fourth-order valence-corrected chi connectivity index (χ4v) is 1.73. The number of aromatic nitrogens is 2. The molecule has 1 aromatic carbocycles. The average molecular weight is 295 g/mol. The molecule has 0 unspecified atom stereocenters. The summed E-state index contributed by atoms with van der Waals surface area (Å²) in [7, 11) is 1.60. The van der Waals surface area contributed by atoms with Gasteiger partial charge in [-0.15, -0.1) is 0 Å². The number of ether oxygens (including phenoxy) is 1. The molecule has 6 heteroatoms. The number of methoxy groups -OCH3 is 1. The maximum absolute atomic E-state index is 11.8. The molecular formula is C14H17ClN3O2-. The van der Waals surface area contributed by atoms with Crippen LogP contribution in [0.15, 0.2) is 43.0 Å². The number of carbonyl (C=O) groups is 1. The zero-order valence-corrected chi connectivity index (χ0v) is 12.0. The first-order valence-corrected chi connectivity index (χ1v) is 6.17. The number of halogens is 1. The zero-order valence-electron chi connectivity index (χ0n) is 11.3. The predicted octanol–water partition coefficient (Wildman–Crippen LogP) is -1.28. The summed E-state index contributed by atoms with van der Waals surface area (Å²) in [5, 5.41) is 2.89. The number of carbonyl (C=O) groups excluding carboxylic acids is 1. The number of aryl methyl sites for hydroxylation is 1. The van der Waals surface area contributed by atoms with Gasteiger partial charge >= 0.3 is 0 Å². The molecule has 0 bridgehead atoms. The monoisotopic (exact) mass is 294 g/mol. The Morgan fingerprint density at radius 3 is 2.70 bits per heavy atom. The first-order chi connectivity index (χ1) is 9.29. The van der Waals surface area contributed by atoms with Crippen LogP contribution in [0.2, 0.25) is 0 Å². The molecule has 0 aliphatic rings. The molecule has 1 N–H and O–H groups in total. The molecule has 0 saturated heterocycles. The molecule has 0 aliphatic carbocycles. The number of benzene rings is 1. The van der Waals surface area contributed by atoms with Crippen LogP contribution < -0.4 is 22.5 Å². The lowest BCUT2D eigenvalue weighted by molar-refractivity contribution is -0.0000127. The van der Waals surface area contributed by atoms with E-state index in [0.29, 0.717) is 12.1 Å². The second kappa shape index (κ2) is 8.22. The van der Waals surface area contributed by atoms with Crippen molar-refractivity contribution in [2.75, 3.05) is 13.7 Å². The largest absolute Gasteiger partial charge is 1.00 e. The molecule has 0 fully saturated rings. The van der Waals surface area contributed by atoms with Gasteiger partial charge in [0.2, 0.25) is 0 Å². The van der Waals surface area contributed by atoms with Crippen LogP contribution in [-0.2, 0) is 6.54 Å². The summed E-state index contributed by atoms with van der Waals surface area (Å²) < 4.78 is 7.03. The van der Waals surface area contributed by atoms with Gasteiger partial charge in [0, 0.05) is 31.0 Å². The highest BCUT2D eigenvalue weighted by Gasteiger charge is 2.04. The van der Waals surface area contributed by atoms with Gasteiger partial charge in [-0.25, -0.2) is 4.98 Å². The first kappa shape index (κ1) is 16.0. The van der Waals surface area contributed by atoms with Gasteiger partial charge in [0.15, 0.2) is 0 Å². The quantitative estimate of drug-likeness (QED) is 0.675. The molecule has 0 atom stereocenters. The standard InChI is InChI=1S/C14H17N3O2.ClH/c1-19-13-5-3-12(4-6-13)14(18)16-7-2-9-17-10-8-15-11-17;/h3-6,8,10-11H,2,7,9H2,1H3,(H,16,18);1H/p-1. The molecule has 1 heterocycles. The van der Waals surface area contributed by atoms with E-state index in [1.165, 1.54) is 0 Å². The maximum atomic E-state index is 11.8. The van der Waals surface area contributed by atoms with E-state index in [-0.39, 0.29) is 18.3 Å². The summed E-state index contributed by atoms with van der Waals surface area (Å²) >= 11 is 0. The Morgan fingerprint density at radius 2 is 2.10 bits per heavy atom. The first-order valence-electron chi connectivity index (χ1n) is 6.17. The molecule has 0 spiro atoms. The van der Waals surface area contributed by atoms with Gasteiger partial charge in [-0.2, -0.15) is 0 Å². The van der Waals surface area contributed by atoms with Crippen LogP contribution in [0.3, 0.4) is 0 Å². The van der Waals surface area contributed by atoms with Crippen LogP contribution >= 0.6 is 0 Å². The van der Waals surface area contributed by atoms with E-state index in [4.69, 9.17) is 4.74 Å². The van der Waals surface area contributed by atoms with Crippen molar-refractivity contribution in [3.8, 4) is 5.75 Å².